The topological polar surface area (TPSA) is 83.8 Å². The summed E-state index contributed by atoms with van der Waals surface area (Å²) in [5.74, 6) is 1.06. The van der Waals surface area contributed by atoms with Crippen LogP contribution in [0.4, 0.5) is 10.5 Å². The van der Waals surface area contributed by atoms with Crippen LogP contribution in [0.15, 0.2) is 59.2 Å². The molecule has 1 atom stereocenters. The molecule has 1 saturated heterocycles. The number of methoxy groups -OCH3 is 1. The van der Waals surface area contributed by atoms with E-state index in [0.29, 0.717) is 30.2 Å². The average Bonchev–Trinajstić information content (AvgIpc) is 3.29. The second-order valence-electron chi connectivity index (χ2n) is 6.06. The molecule has 2 aromatic rings. The molecule has 1 fully saturated rings. The lowest BCUT2D eigenvalue weighted by Gasteiger charge is -2.23. The van der Waals surface area contributed by atoms with E-state index in [2.05, 4.69) is 17.2 Å². The number of hydrogen-bond acceptors (Lipinski definition) is 4. The molecule has 3 amide bonds. The fourth-order valence-electron chi connectivity index (χ4n) is 2.85. The number of urea groups is 1. The molecule has 0 unspecified atom stereocenters. The highest BCUT2D eigenvalue weighted by atomic mass is 16.5. The molecule has 0 aliphatic carbocycles. The summed E-state index contributed by atoms with van der Waals surface area (Å²) >= 11 is 0. The number of nitrogens with zero attached hydrogens (tertiary/aromatic N) is 1. The van der Waals surface area contributed by atoms with Gasteiger partial charge >= 0.3 is 6.03 Å². The van der Waals surface area contributed by atoms with Crippen molar-refractivity contribution in [3.63, 3.8) is 0 Å². The lowest BCUT2D eigenvalue weighted by Crippen LogP contribution is -2.47. The molecule has 7 heteroatoms. The van der Waals surface area contributed by atoms with Crippen molar-refractivity contribution >= 4 is 17.6 Å². The van der Waals surface area contributed by atoms with Crippen LogP contribution < -0.4 is 15.4 Å². The monoisotopic (exact) mass is 355 g/mol. The van der Waals surface area contributed by atoms with Gasteiger partial charge in [0.05, 0.1) is 19.9 Å². The molecular formula is C19H21N3O4. The highest BCUT2D eigenvalue weighted by Crippen LogP contribution is 2.24. The van der Waals surface area contributed by atoms with Crippen LogP contribution in [0.25, 0.3) is 0 Å². The van der Waals surface area contributed by atoms with E-state index in [1.807, 2.05) is 0 Å². The quantitative estimate of drug-likeness (QED) is 0.808. The zero-order chi connectivity index (χ0) is 18.5. The molecule has 0 radical (unpaired) electrons. The first-order valence-corrected chi connectivity index (χ1v) is 8.25. The highest BCUT2D eigenvalue weighted by Gasteiger charge is 2.36. The molecule has 2 heterocycles. The van der Waals surface area contributed by atoms with Crippen molar-refractivity contribution in [3.05, 3.63) is 60.6 Å². The number of anilines is 1. The third-order valence-corrected chi connectivity index (χ3v) is 4.15. The van der Waals surface area contributed by atoms with Crippen molar-refractivity contribution in [3.8, 4) is 5.75 Å². The summed E-state index contributed by atoms with van der Waals surface area (Å²) in [5, 5.41) is 5.60. The van der Waals surface area contributed by atoms with Crippen LogP contribution in [0.3, 0.4) is 0 Å². The van der Waals surface area contributed by atoms with Gasteiger partial charge in [0.25, 0.3) is 0 Å². The van der Waals surface area contributed by atoms with E-state index < -0.39 is 6.04 Å². The van der Waals surface area contributed by atoms with E-state index in [1.54, 1.807) is 49.8 Å². The maximum atomic E-state index is 12.6. The number of ether oxygens (including phenoxy) is 1. The number of benzene rings is 1. The number of furan rings is 1. The minimum atomic E-state index is -0.594. The number of likely N-dealkylation sites (tertiary alicyclic amines) is 1. The van der Waals surface area contributed by atoms with Crippen LogP contribution in [0.1, 0.15) is 12.2 Å². The van der Waals surface area contributed by atoms with Gasteiger partial charge in [0.2, 0.25) is 5.91 Å². The van der Waals surface area contributed by atoms with E-state index in [-0.39, 0.29) is 18.5 Å². The van der Waals surface area contributed by atoms with Crippen molar-refractivity contribution in [1.82, 2.24) is 10.2 Å². The molecule has 1 aromatic heterocycles. The van der Waals surface area contributed by atoms with Gasteiger partial charge in [0.15, 0.2) is 0 Å². The summed E-state index contributed by atoms with van der Waals surface area (Å²) in [5.41, 5.74) is 1.44. The Morgan fingerprint density at radius 3 is 2.92 bits per heavy atom. The predicted molar refractivity (Wildman–Crippen MR) is 96.8 cm³/mol. The van der Waals surface area contributed by atoms with Crippen molar-refractivity contribution in [2.24, 2.45) is 0 Å². The summed E-state index contributed by atoms with van der Waals surface area (Å²) in [7, 11) is 1.56. The van der Waals surface area contributed by atoms with Crippen molar-refractivity contribution in [2.75, 3.05) is 19.0 Å². The van der Waals surface area contributed by atoms with Gasteiger partial charge in [-0.1, -0.05) is 18.2 Å². The summed E-state index contributed by atoms with van der Waals surface area (Å²) in [6.45, 7) is 4.54. The molecule has 0 bridgehead atoms. The van der Waals surface area contributed by atoms with Gasteiger partial charge in [-0.3, -0.25) is 4.79 Å². The van der Waals surface area contributed by atoms with Crippen molar-refractivity contribution in [1.29, 1.82) is 0 Å². The lowest BCUT2D eigenvalue weighted by atomic mass is 10.1. The Kier molecular flexibility index (Phi) is 5.26. The number of nitrogens with one attached hydrogen (secondary N) is 2. The van der Waals surface area contributed by atoms with E-state index in [1.165, 1.54) is 4.90 Å². The van der Waals surface area contributed by atoms with Crippen molar-refractivity contribution in [2.45, 2.75) is 19.0 Å². The largest absolute Gasteiger partial charge is 0.497 e. The zero-order valence-corrected chi connectivity index (χ0v) is 14.5. The first kappa shape index (κ1) is 17.6. The number of hydrogen-bond donors (Lipinski definition) is 2. The van der Waals surface area contributed by atoms with Crippen LogP contribution in [-0.2, 0) is 11.3 Å². The molecule has 0 spiro atoms. The highest BCUT2D eigenvalue weighted by molar-refractivity contribution is 5.95. The standard InChI is InChI=1S/C19H21N3O4/c1-13-9-17(18(23)20-11-16-7-4-8-26-16)22(12-13)19(24)21-14-5-3-6-15(10-14)25-2/h3-8,10,17H,1,9,11-12H2,2H3,(H,20,23)(H,21,24)/t17-/m0/s1. The summed E-state index contributed by atoms with van der Waals surface area (Å²) in [6.07, 6.45) is 1.99. The molecular weight excluding hydrogens is 334 g/mol. The van der Waals surface area contributed by atoms with Gasteiger partial charge < -0.3 is 24.7 Å². The smallest absolute Gasteiger partial charge is 0.322 e. The Morgan fingerprint density at radius 2 is 2.19 bits per heavy atom. The van der Waals surface area contributed by atoms with Crippen LogP contribution in [0, 0.1) is 0 Å². The molecule has 0 saturated carbocycles. The molecule has 1 aliphatic heterocycles. The average molecular weight is 355 g/mol. The maximum absolute atomic E-state index is 12.6. The van der Waals surface area contributed by atoms with Crippen LogP contribution in [0.5, 0.6) is 5.75 Å². The fourth-order valence-corrected chi connectivity index (χ4v) is 2.85. The fraction of sp³-hybridized carbons (Fsp3) is 0.263. The molecule has 7 nitrogen and oxygen atoms in total. The van der Waals surface area contributed by atoms with E-state index >= 15 is 0 Å². The van der Waals surface area contributed by atoms with Crippen LogP contribution in [0.2, 0.25) is 0 Å². The van der Waals surface area contributed by atoms with E-state index in [9.17, 15) is 9.59 Å². The van der Waals surface area contributed by atoms with Gasteiger partial charge in [-0.05, 0) is 30.7 Å². The number of carbonyl (C=O) groups is 2. The number of rotatable bonds is 5. The molecule has 1 aliphatic rings. The normalized spacial score (nSPS) is 16.4. The van der Waals surface area contributed by atoms with Gasteiger partial charge in [-0.15, -0.1) is 0 Å². The minimum absolute atomic E-state index is 0.235. The van der Waals surface area contributed by atoms with Crippen LogP contribution >= 0.6 is 0 Å². The van der Waals surface area contributed by atoms with E-state index in [0.717, 1.165) is 5.57 Å². The molecule has 3 rings (SSSR count). The molecule has 2 N–H and O–H groups in total. The summed E-state index contributed by atoms with van der Waals surface area (Å²) < 4.78 is 10.4. The third-order valence-electron chi connectivity index (χ3n) is 4.15. The molecule has 1 aromatic carbocycles. The maximum Gasteiger partial charge on any atom is 0.322 e. The van der Waals surface area contributed by atoms with Gasteiger partial charge in [0.1, 0.15) is 17.6 Å². The van der Waals surface area contributed by atoms with Gasteiger partial charge in [-0.2, -0.15) is 0 Å². The first-order valence-electron chi connectivity index (χ1n) is 8.25. The first-order chi connectivity index (χ1) is 12.6. The second kappa shape index (κ2) is 7.77. The van der Waals surface area contributed by atoms with Crippen molar-refractivity contribution < 1.29 is 18.7 Å². The lowest BCUT2D eigenvalue weighted by molar-refractivity contribution is -0.124. The Bertz CT molecular complexity index is 801. The van der Waals surface area contributed by atoms with Gasteiger partial charge in [0, 0.05) is 18.3 Å². The Labute approximate surface area is 151 Å². The SMILES string of the molecule is C=C1C[C@@H](C(=O)NCc2ccco2)N(C(=O)Nc2cccc(OC)c2)C1. The van der Waals surface area contributed by atoms with Crippen LogP contribution in [-0.4, -0.2) is 36.5 Å². The summed E-state index contributed by atoms with van der Waals surface area (Å²) in [4.78, 5) is 26.6. The molecule has 26 heavy (non-hydrogen) atoms. The Balaban J connectivity index is 1.65. The minimum Gasteiger partial charge on any atom is -0.497 e. The third kappa shape index (κ3) is 4.05. The predicted octanol–water partition coefficient (Wildman–Crippen LogP) is 2.77. The molecule has 136 valence electrons. The zero-order valence-electron chi connectivity index (χ0n) is 14.5. The number of amides is 3. The number of carbonyl (C=O) groups excluding carboxylic acids is 2. The summed E-state index contributed by atoms with van der Waals surface area (Å²) in [6, 6.07) is 9.64. The van der Waals surface area contributed by atoms with E-state index in [4.69, 9.17) is 9.15 Å². The Hall–Kier alpha value is -3.22. The Morgan fingerprint density at radius 1 is 1.35 bits per heavy atom. The van der Waals surface area contributed by atoms with Gasteiger partial charge in [-0.25, -0.2) is 4.79 Å². The second-order valence-corrected chi connectivity index (χ2v) is 6.06.